The molecule has 0 aromatic carbocycles. The minimum atomic E-state index is -1.17. The van der Waals surface area contributed by atoms with E-state index in [4.69, 9.17) is 5.73 Å². The Balaban J connectivity index is 2.13. The summed E-state index contributed by atoms with van der Waals surface area (Å²) >= 11 is 0. The minimum absolute atomic E-state index is 0.649. The normalized spacial score (nSPS) is 26.4. The minimum Gasteiger partial charge on any atom is -0.313 e. The summed E-state index contributed by atoms with van der Waals surface area (Å²) in [6.07, 6.45) is 2.89. The summed E-state index contributed by atoms with van der Waals surface area (Å²) in [5, 5.41) is 16.4. The van der Waals surface area contributed by atoms with Crippen molar-refractivity contribution in [3.8, 4) is 0 Å². The highest BCUT2D eigenvalue weighted by atomic mass is 15.5. The Labute approximate surface area is 67.8 Å². The van der Waals surface area contributed by atoms with Crippen LogP contribution >= 0.6 is 0 Å². The first-order valence-corrected chi connectivity index (χ1v) is 3.31. The van der Waals surface area contributed by atoms with Crippen molar-refractivity contribution in [2.24, 2.45) is 21.0 Å². The van der Waals surface area contributed by atoms with E-state index in [-0.39, 0.29) is 0 Å². The summed E-state index contributed by atoms with van der Waals surface area (Å²) in [4.78, 5) is 3.80. The molecular weight excluding hydrogens is 158 g/mol. The zero-order chi connectivity index (χ0) is 8.44. The lowest BCUT2D eigenvalue weighted by Gasteiger charge is -2.15. The Morgan fingerprint density at radius 2 is 2.50 bits per heavy atom. The Morgan fingerprint density at radius 3 is 3.08 bits per heavy atom. The average molecular weight is 165 g/mol. The molecule has 7 nitrogen and oxygen atoms in total. The second kappa shape index (κ2) is 2.38. The summed E-state index contributed by atoms with van der Waals surface area (Å²) in [7, 11) is 0. The fourth-order valence-corrected chi connectivity index (χ4v) is 0.834. The lowest BCUT2D eigenvalue weighted by Crippen LogP contribution is -2.42. The predicted molar refractivity (Wildman–Crippen MR) is 42.5 cm³/mol. The van der Waals surface area contributed by atoms with Crippen LogP contribution in [0.2, 0.25) is 0 Å². The zero-order valence-corrected chi connectivity index (χ0v) is 6.10. The van der Waals surface area contributed by atoms with Gasteiger partial charge in [-0.25, -0.2) is 4.99 Å². The molecule has 12 heavy (non-hydrogen) atoms. The van der Waals surface area contributed by atoms with Crippen molar-refractivity contribution >= 4 is 12.2 Å². The van der Waals surface area contributed by atoms with Crippen molar-refractivity contribution in [2.45, 2.75) is 5.91 Å². The van der Waals surface area contributed by atoms with E-state index in [1.54, 1.807) is 12.3 Å². The van der Waals surface area contributed by atoms with E-state index >= 15 is 0 Å². The molecule has 0 spiro atoms. The molecule has 0 saturated carbocycles. The second-order valence-corrected chi connectivity index (χ2v) is 2.28. The monoisotopic (exact) mass is 165 g/mol. The summed E-state index contributed by atoms with van der Waals surface area (Å²) in [5.74, 6) is -0.525. The van der Waals surface area contributed by atoms with Gasteiger partial charge in [0.15, 0.2) is 0 Å². The first-order chi connectivity index (χ1) is 5.79. The zero-order valence-electron chi connectivity index (χ0n) is 6.10. The van der Waals surface area contributed by atoms with Gasteiger partial charge in [0.1, 0.15) is 12.2 Å². The number of aliphatic imine (C=N–C) groups is 1. The van der Waals surface area contributed by atoms with Crippen LogP contribution in [0.3, 0.4) is 0 Å². The molecule has 62 valence electrons. The number of nitrogens with zero attached hydrogens (tertiary/aromatic N) is 4. The molecule has 1 unspecified atom stereocenters. The highest BCUT2D eigenvalue weighted by molar-refractivity contribution is 5.58. The Morgan fingerprint density at radius 1 is 1.58 bits per heavy atom. The number of hydrogen-bond acceptors (Lipinski definition) is 6. The Kier molecular flexibility index (Phi) is 1.37. The molecule has 1 aromatic rings. The number of anilines is 1. The first kappa shape index (κ1) is 6.92. The standard InChI is InChI=1S/C5H7N7/c6-5(7-3-9-12-5)10-4-1-2-8-11-4/h1-3H,6H2,(H2,8,10,11). The lowest BCUT2D eigenvalue weighted by atomic mass is 10.5. The molecule has 1 aromatic heterocycles. The number of aromatic amines is 1. The molecular formula is C5H7N7. The SMILES string of the molecule is NC1(Nc2ccn[nH]2)N=CN=N1. The Bertz CT molecular complexity index is 299. The summed E-state index contributed by atoms with van der Waals surface area (Å²) in [6.45, 7) is 0. The highest BCUT2D eigenvalue weighted by Crippen LogP contribution is 2.13. The first-order valence-electron chi connectivity index (χ1n) is 3.31. The summed E-state index contributed by atoms with van der Waals surface area (Å²) in [5.41, 5.74) is 5.63. The third-order valence-electron chi connectivity index (χ3n) is 1.34. The topological polar surface area (TPSA) is 104 Å². The van der Waals surface area contributed by atoms with Crippen LogP contribution in [0, 0.1) is 0 Å². The number of nitrogens with two attached hydrogens (primary N) is 1. The van der Waals surface area contributed by atoms with E-state index < -0.39 is 5.91 Å². The predicted octanol–water partition coefficient (Wildman–Crippen LogP) is -0.114. The van der Waals surface area contributed by atoms with Crippen molar-refractivity contribution < 1.29 is 0 Å². The van der Waals surface area contributed by atoms with Crippen molar-refractivity contribution in [1.29, 1.82) is 0 Å². The quantitative estimate of drug-likeness (QED) is 0.532. The van der Waals surface area contributed by atoms with Gasteiger partial charge in [0.25, 0.3) is 0 Å². The smallest absolute Gasteiger partial charge is 0.305 e. The van der Waals surface area contributed by atoms with Crippen LogP contribution in [-0.2, 0) is 0 Å². The van der Waals surface area contributed by atoms with Gasteiger partial charge in [0.05, 0.1) is 6.20 Å². The second-order valence-electron chi connectivity index (χ2n) is 2.28. The van der Waals surface area contributed by atoms with Crippen LogP contribution < -0.4 is 11.1 Å². The van der Waals surface area contributed by atoms with E-state index in [1.165, 1.54) is 6.34 Å². The molecule has 0 aliphatic carbocycles. The highest BCUT2D eigenvalue weighted by Gasteiger charge is 2.25. The van der Waals surface area contributed by atoms with E-state index in [2.05, 4.69) is 30.7 Å². The molecule has 2 rings (SSSR count). The van der Waals surface area contributed by atoms with E-state index in [0.717, 1.165) is 0 Å². The molecule has 0 fully saturated rings. The molecule has 0 amide bonds. The average Bonchev–Trinajstić information content (AvgIpc) is 2.62. The van der Waals surface area contributed by atoms with E-state index in [0.29, 0.717) is 5.82 Å². The molecule has 0 saturated heterocycles. The number of aromatic nitrogens is 2. The Hall–Kier alpha value is -1.76. The van der Waals surface area contributed by atoms with Crippen molar-refractivity contribution in [3.05, 3.63) is 12.3 Å². The maximum atomic E-state index is 5.63. The van der Waals surface area contributed by atoms with E-state index in [1.807, 2.05) is 0 Å². The molecule has 1 aliphatic rings. The van der Waals surface area contributed by atoms with Gasteiger partial charge in [-0.3, -0.25) is 10.8 Å². The molecule has 1 atom stereocenters. The van der Waals surface area contributed by atoms with Crippen LogP contribution in [0.15, 0.2) is 27.5 Å². The third kappa shape index (κ3) is 1.17. The summed E-state index contributed by atoms with van der Waals surface area (Å²) in [6, 6.07) is 1.72. The number of H-pyrrole nitrogens is 1. The molecule has 2 heterocycles. The third-order valence-corrected chi connectivity index (χ3v) is 1.34. The molecule has 7 heteroatoms. The molecule has 0 bridgehead atoms. The lowest BCUT2D eigenvalue weighted by molar-refractivity contribution is 0.534. The van der Waals surface area contributed by atoms with Crippen LogP contribution in [0.5, 0.6) is 0 Å². The van der Waals surface area contributed by atoms with Gasteiger partial charge in [0, 0.05) is 6.07 Å². The van der Waals surface area contributed by atoms with Gasteiger partial charge in [-0.05, 0) is 0 Å². The largest absolute Gasteiger partial charge is 0.313 e. The van der Waals surface area contributed by atoms with Gasteiger partial charge < -0.3 is 5.32 Å². The fraction of sp³-hybridized carbons (Fsp3) is 0.200. The van der Waals surface area contributed by atoms with Crippen LogP contribution in [0.25, 0.3) is 0 Å². The molecule has 0 radical (unpaired) electrons. The number of hydrogen-bond donors (Lipinski definition) is 3. The van der Waals surface area contributed by atoms with Crippen LogP contribution in [0.1, 0.15) is 0 Å². The van der Waals surface area contributed by atoms with Gasteiger partial charge >= 0.3 is 5.91 Å². The van der Waals surface area contributed by atoms with Gasteiger partial charge in [-0.2, -0.15) is 5.10 Å². The number of nitrogens with one attached hydrogen (secondary N) is 2. The fourth-order valence-electron chi connectivity index (χ4n) is 0.834. The molecule has 4 N–H and O–H groups in total. The van der Waals surface area contributed by atoms with Gasteiger partial charge in [-0.15, -0.1) is 10.2 Å². The van der Waals surface area contributed by atoms with Gasteiger partial charge in [0.2, 0.25) is 0 Å². The maximum Gasteiger partial charge on any atom is 0.305 e. The van der Waals surface area contributed by atoms with Crippen LogP contribution in [0.4, 0.5) is 5.82 Å². The molecule has 1 aliphatic heterocycles. The van der Waals surface area contributed by atoms with Crippen molar-refractivity contribution in [1.82, 2.24) is 10.2 Å². The van der Waals surface area contributed by atoms with Crippen molar-refractivity contribution in [2.75, 3.05) is 5.32 Å². The summed E-state index contributed by atoms with van der Waals surface area (Å²) < 4.78 is 0. The van der Waals surface area contributed by atoms with E-state index in [9.17, 15) is 0 Å². The van der Waals surface area contributed by atoms with Crippen LogP contribution in [-0.4, -0.2) is 22.4 Å². The maximum absolute atomic E-state index is 5.63. The van der Waals surface area contributed by atoms with Gasteiger partial charge in [-0.1, -0.05) is 0 Å². The number of azo groups is 1. The van der Waals surface area contributed by atoms with Crippen molar-refractivity contribution in [3.63, 3.8) is 0 Å². The number of rotatable bonds is 2.